The number of carboxylic acid groups (broad SMARTS) is 1. The molecule has 12 nitrogen and oxygen atoms in total. The zero-order valence-electron chi connectivity index (χ0n) is 21.9. The van der Waals surface area contributed by atoms with Crippen molar-refractivity contribution in [2.75, 3.05) is 24.0 Å². The van der Waals surface area contributed by atoms with Crippen molar-refractivity contribution in [3.8, 4) is 0 Å². The molecule has 14 heteroatoms. The Kier molecular flexibility index (Phi) is 13.1. The molecule has 1 heterocycles. The number of rotatable bonds is 17. The minimum atomic E-state index is -1.45. The summed E-state index contributed by atoms with van der Waals surface area (Å²) in [6.07, 6.45) is 5.46. The topological polar surface area (TPSA) is 209 Å². The highest BCUT2D eigenvalue weighted by Crippen LogP contribution is 2.19. The number of aromatic amines is 1. The molecule has 0 aliphatic carbocycles. The number of hydrogen-bond donors (Lipinski definition) is 7. The number of H-pyrrole nitrogens is 1. The summed E-state index contributed by atoms with van der Waals surface area (Å²) in [4.78, 5) is 65.5. The number of primary amides is 1. The van der Waals surface area contributed by atoms with Gasteiger partial charge < -0.3 is 37.5 Å². The number of thioether (sulfide) groups is 2. The molecular weight excluding hydrogens is 544 g/mol. The molecule has 0 fully saturated rings. The zero-order valence-corrected chi connectivity index (χ0v) is 23.5. The van der Waals surface area contributed by atoms with E-state index in [2.05, 4.69) is 20.9 Å². The van der Waals surface area contributed by atoms with Gasteiger partial charge in [-0.15, -0.1) is 0 Å². The van der Waals surface area contributed by atoms with Gasteiger partial charge in [-0.3, -0.25) is 19.2 Å². The van der Waals surface area contributed by atoms with Gasteiger partial charge in [0.25, 0.3) is 0 Å². The first-order chi connectivity index (χ1) is 18.6. The molecule has 0 saturated heterocycles. The van der Waals surface area contributed by atoms with E-state index in [0.29, 0.717) is 23.5 Å². The van der Waals surface area contributed by atoms with E-state index < -0.39 is 60.2 Å². The van der Waals surface area contributed by atoms with Crippen LogP contribution in [0.25, 0.3) is 10.9 Å². The van der Waals surface area contributed by atoms with E-state index in [-0.39, 0.29) is 12.8 Å². The number of hydrogen-bond acceptors (Lipinski definition) is 8. The third-order valence-electron chi connectivity index (χ3n) is 5.97. The van der Waals surface area contributed by atoms with Gasteiger partial charge in [-0.2, -0.15) is 23.5 Å². The Hall–Kier alpha value is -3.23. The van der Waals surface area contributed by atoms with Crippen LogP contribution in [-0.2, 0) is 30.4 Å². The summed E-state index contributed by atoms with van der Waals surface area (Å²) < 4.78 is 0. The molecular formula is C25H36N6O6S2. The number of nitrogens with one attached hydrogen (secondary N) is 4. The average Bonchev–Trinajstić information content (AvgIpc) is 3.30. The molecule has 4 amide bonds. The number of amides is 4. The first kappa shape index (κ1) is 32.0. The number of benzene rings is 1. The Labute approximate surface area is 235 Å². The largest absolute Gasteiger partial charge is 0.480 e. The van der Waals surface area contributed by atoms with E-state index in [1.807, 2.05) is 36.8 Å². The van der Waals surface area contributed by atoms with Gasteiger partial charge in [0.05, 0.1) is 12.5 Å². The molecule has 4 atom stereocenters. The normalized spacial score (nSPS) is 14.1. The number of aliphatic carboxylic acids is 1. The number of aromatic nitrogens is 1. The van der Waals surface area contributed by atoms with Gasteiger partial charge in [-0.25, -0.2) is 4.79 Å². The minimum Gasteiger partial charge on any atom is -0.480 e. The molecule has 0 radical (unpaired) electrons. The van der Waals surface area contributed by atoms with Gasteiger partial charge in [-0.1, -0.05) is 18.2 Å². The molecule has 39 heavy (non-hydrogen) atoms. The molecule has 2 rings (SSSR count). The summed E-state index contributed by atoms with van der Waals surface area (Å²) in [6, 6.07) is 2.70. The number of carbonyl (C=O) groups excluding carboxylic acids is 4. The Morgan fingerprint density at radius 3 is 2.13 bits per heavy atom. The van der Waals surface area contributed by atoms with Crippen LogP contribution in [0.5, 0.6) is 0 Å². The lowest BCUT2D eigenvalue weighted by atomic mass is 10.0. The van der Waals surface area contributed by atoms with Crippen LogP contribution in [0.1, 0.15) is 24.8 Å². The van der Waals surface area contributed by atoms with Crippen molar-refractivity contribution in [3.05, 3.63) is 36.0 Å². The summed E-state index contributed by atoms with van der Waals surface area (Å²) >= 11 is 3.00. The summed E-state index contributed by atoms with van der Waals surface area (Å²) in [5.41, 5.74) is 12.7. The van der Waals surface area contributed by atoms with E-state index in [1.54, 1.807) is 6.20 Å². The molecule has 214 valence electrons. The van der Waals surface area contributed by atoms with Crippen LogP contribution in [0.4, 0.5) is 0 Å². The molecule has 0 saturated carbocycles. The van der Waals surface area contributed by atoms with Crippen LogP contribution in [0.15, 0.2) is 30.5 Å². The Morgan fingerprint density at radius 1 is 0.897 bits per heavy atom. The summed E-state index contributed by atoms with van der Waals surface area (Å²) in [5, 5.41) is 18.1. The fraction of sp³-hybridized carbons (Fsp3) is 0.480. The number of fused-ring (bicyclic) bond motifs is 1. The van der Waals surface area contributed by atoms with E-state index in [0.717, 1.165) is 10.9 Å². The van der Waals surface area contributed by atoms with Crippen molar-refractivity contribution in [1.82, 2.24) is 20.9 Å². The summed E-state index contributed by atoms with van der Waals surface area (Å²) in [5.74, 6) is -3.08. The van der Waals surface area contributed by atoms with Crippen molar-refractivity contribution in [1.29, 1.82) is 0 Å². The molecule has 4 unspecified atom stereocenters. The van der Waals surface area contributed by atoms with Crippen LogP contribution in [0, 0.1) is 0 Å². The number of carbonyl (C=O) groups is 5. The maximum absolute atomic E-state index is 13.1. The Balaban J connectivity index is 2.15. The second kappa shape index (κ2) is 16.0. The van der Waals surface area contributed by atoms with Gasteiger partial charge in [0.1, 0.15) is 18.1 Å². The SMILES string of the molecule is CSCCC(N)C(=O)NC(CCSC)C(=O)NC(CC(N)=O)C(=O)NC(Cc1c[nH]c2ccccc12)C(=O)O. The zero-order chi connectivity index (χ0) is 28.9. The first-order valence-electron chi connectivity index (χ1n) is 12.3. The van der Waals surface area contributed by atoms with E-state index in [1.165, 1.54) is 23.5 Å². The van der Waals surface area contributed by atoms with Crippen molar-refractivity contribution in [3.63, 3.8) is 0 Å². The molecule has 1 aromatic heterocycles. The van der Waals surface area contributed by atoms with Gasteiger partial charge in [0.15, 0.2) is 0 Å². The Bertz CT molecular complexity index is 1160. The van der Waals surface area contributed by atoms with Crippen LogP contribution >= 0.6 is 23.5 Å². The van der Waals surface area contributed by atoms with Gasteiger partial charge in [0.2, 0.25) is 23.6 Å². The van der Waals surface area contributed by atoms with Crippen molar-refractivity contribution < 1.29 is 29.1 Å². The highest BCUT2D eigenvalue weighted by atomic mass is 32.2. The quantitative estimate of drug-likeness (QED) is 0.134. The second-order valence-corrected chi connectivity index (χ2v) is 10.9. The monoisotopic (exact) mass is 580 g/mol. The molecule has 9 N–H and O–H groups in total. The number of nitrogens with two attached hydrogens (primary N) is 2. The van der Waals surface area contributed by atoms with Gasteiger partial charge in [-0.05, 0) is 48.5 Å². The van der Waals surface area contributed by atoms with Gasteiger partial charge in [0, 0.05) is 23.5 Å². The number of para-hydroxylation sites is 1. The highest BCUT2D eigenvalue weighted by molar-refractivity contribution is 7.98. The molecule has 0 spiro atoms. The lowest BCUT2D eigenvalue weighted by Gasteiger charge is -2.24. The maximum atomic E-state index is 13.1. The maximum Gasteiger partial charge on any atom is 0.326 e. The summed E-state index contributed by atoms with van der Waals surface area (Å²) in [6.45, 7) is 0. The third kappa shape index (κ3) is 10.1. The fourth-order valence-electron chi connectivity index (χ4n) is 3.83. The van der Waals surface area contributed by atoms with E-state index in [9.17, 15) is 29.1 Å². The van der Waals surface area contributed by atoms with Crippen molar-refractivity contribution >= 4 is 64.0 Å². The molecule has 0 bridgehead atoms. The predicted molar refractivity (Wildman–Crippen MR) is 153 cm³/mol. The lowest BCUT2D eigenvalue weighted by molar-refractivity contribution is -0.142. The minimum absolute atomic E-state index is 0.0390. The van der Waals surface area contributed by atoms with Crippen molar-refractivity contribution in [2.24, 2.45) is 11.5 Å². The van der Waals surface area contributed by atoms with Crippen molar-refractivity contribution in [2.45, 2.75) is 49.9 Å². The standard InChI is InChI=1S/C25H36N6O6S2/c1-38-9-7-16(26)22(33)29-18(8-10-39-2)23(34)30-19(12-21(27)32)24(35)31-20(25(36)37)11-14-13-28-17-6-4-3-5-15(14)17/h3-6,13,16,18-20,28H,7-12,26H2,1-2H3,(H2,27,32)(H,29,33)(H,30,34)(H,31,35)(H,36,37). The second-order valence-electron chi connectivity index (χ2n) is 8.93. The number of carboxylic acids is 1. The van der Waals surface area contributed by atoms with Crippen LogP contribution in [-0.4, -0.2) is 87.9 Å². The first-order valence-corrected chi connectivity index (χ1v) is 15.1. The molecule has 1 aromatic carbocycles. The third-order valence-corrected chi connectivity index (χ3v) is 7.25. The molecule has 0 aliphatic rings. The summed E-state index contributed by atoms with van der Waals surface area (Å²) in [7, 11) is 0. The molecule has 0 aliphatic heterocycles. The lowest BCUT2D eigenvalue weighted by Crippen LogP contribution is -2.58. The fourth-order valence-corrected chi connectivity index (χ4v) is 4.80. The van der Waals surface area contributed by atoms with E-state index >= 15 is 0 Å². The van der Waals surface area contributed by atoms with Crippen LogP contribution in [0.2, 0.25) is 0 Å². The van der Waals surface area contributed by atoms with Crippen LogP contribution in [0.3, 0.4) is 0 Å². The Morgan fingerprint density at radius 2 is 1.49 bits per heavy atom. The smallest absolute Gasteiger partial charge is 0.326 e. The average molecular weight is 581 g/mol. The highest BCUT2D eigenvalue weighted by Gasteiger charge is 2.31. The van der Waals surface area contributed by atoms with Gasteiger partial charge >= 0.3 is 5.97 Å². The van der Waals surface area contributed by atoms with Crippen LogP contribution < -0.4 is 27.4 Å². The predicted octanol–water partition coefficient (Wildman–Crippen LogP) is -0.0417. The molecule has 2 aromatic rings. The van der Waals surface area contributed by atoms with E-state index in [4.69, 9.17) is 11.5 Å².